The average Bonchev–Trinajstić information content (AvgIpc) is 2.71. The Morgan fingerprint density at radius 2 is 2.29 bits per heavy atom. The van der Waals surface area contributed by atoms with Crippen LogP contribution < -0.4 is 4.74 Å². The van der Waals surface area contributed by atoms with Gasteiger partial charge in [-0.25, -0.2) is 4.98 Å². The summed E-state index contributed by atoms with van der Waals surface area (Å²) in [6.45, 7) is 0. The molecule has 0 saturated carbocycles. The van der Waals surface area contributed by atoms with Crippen molar-refractivity contribution in [1.82, 2.24) is 9.55 Å². The molecule has 0 aliphatic heterocycles. The maximum absolute atomic E-state index is 6.04. The van der Waals surface area contributed by atoms with Gasteiger partial charge in [0.1, 0.15) is 5.75 Å². The molecule has 0 atom stereocenters. The first-order valence-corrected chi connectivity index (χ1v) is 4.51. The summed E-state index contributed by atoms with van der Waals surface area (Å²) in [4.78, 5) is 3.96. The molecular formula is C10H9ClN2O. The number of hydrogen-bond donors (Lipinski definition) is 0. The van der Waals surface area contributed by atoms with Crippen molar-refractivity contribution in [2.45, 2.75) is 0 Å². The van der Waals surface area contributed by atoms with Crippen molar-refractivity contribution in [2.24, 2.45) is 0 Å². The van der Waals surface area contributed by atoms with E-state index >= 15 is 0 Å². The Morgan fingerprint density at radius 1 is 1.43 bits per heavy atom. The van der Waals surface area contributed by atoms with Crippen LogP contribution in [0.3, 0.4) is 0 Å². The molecule has 0 aliphatic rings. The third kappa shape index (κ3) is 1.59. The van der Waals surface area contributed by atoms with Crippen molar-refractivity contribution in [2.75, 3.05) is 7.11 Å². The Bertz CT molecular complexity index is 426. The van der Waals surface area contributed by atoms with Crippen LogP contribution in [-0.4, -0.2) is 16.7 Å². The lowest BCUT2D eigenvalue weighted by molar-refractivity contribution is 0.414. The molecule has 0 fully saturated rings. The summed E-state index contributed by atoms with van der Waals surface area (Å²) in [6, 6.07) is 5.49. The Kier molecular flexibility index (Phi) is 2.41. The van der Waals surface area contributed by atoms with Crippen LogP contribution in [0.1, 0.15) is 0 Å². The van der Waals surface area contributed by atoms with Gasteiger partial charge in [-0.05, 0) is 12.1 Å². The second kappa shape index (κ2) is 3.72. The van der Waals surface area contributed by atoms with E-state index in [-0.39, 0.29) is 0 Å². The smallest absolute Gasteiger partial charge is 0.121 e. The van der Waals surface area contributed by atoms with Crippen LogP contribution in [0.2, 0.25) is 5.02 Å². The van der Waals surface area contributed by atoms with Crippen molar-refractivity contribution in [3.05, 3.63) is 41.9 Å². The fourth-order valence-electron chi connectivity index (χ4n) is 1.22. The SMILES string of the molecule is COc1ccc(Cl)c(-n2ccnc2)c1. The van der Waals surface area contributed by atoms with Crippen LogP contribution in [0.25, 0.3) is 5.69 Å². The van der Waals surface area contributed by atoms with E-state index in [1.54, 1.807) is 25.7 Å². The Morgan fingerprint density at radius 3 is 2.93 bits per heavy atom. The van der Waals surface area contributed by atoms with Crippen LogP contribution in [0.5, 0.6) is 5.75 Å². The van der Waals surface area contributed by atoms with E-state index in [0.717, 1.165) is 11.4 Å². The van der Waals surface area contributed by atoms with Gasteiger partial charge in [0.15, 0.2) is 0 Å². The maximum Gasteiger partial charge on any atom is 0.121 e. The minimum absolute atomic E-state index is 0.670. The molecule has 14 heavy (non-hydrogen) atoms. The summed E-state index contributed by atoms with van der Waals surface area (Å²) in [7, 11) is 1.63. The van der Waals surface area contributed by atoms with E-state index in [1.807, 2.05) is 22.9 Å². The van der Waals surface area contributed by atoms with Crippen molar-refractivity contribution >= 4 is 11.6 Å². The lowest BCUT2D eigenvalue weighted by Crippen LogP contribution is -1.92. The predicted molar refractivity (Wildman–Crippen MR) is 55.1 cm³/mol. The summed E-state index contributed by atoms with van der Waals surface area (Å²) in [6.07, 6.45) is 5.23. The Hall–Kier alpha value is -1.48. The number of hydrogen-bond acceptors (Lipinski definition) is 2. The van der Waals surface area contributed by atoms with Gasteiger partial charge in [-0.15, -0.1) is 0 Å². The van der Waals surface area contributed by atoms with Crippen LogP contribution in [0, 0.1) is 0 Å². The number of halogens is 1. The zero-order valence-electron chi connectivity index (χ0n) is 7.64. The minimum atomic E-state index is 0.670. The maximum atomic E-state index is 6.04. The van der Waals surface area contributed by atoms with E-state index < -0.39 is 0 Å². The van der Waals surface area contributed by atoms with Gasteiger partial charge in [-0.2, -0.15) is 0 Å². The van der Waals surface area contributed by atoms with E-state index in [0.29, 0.717) is 5.02 Å². The van der Waals surface area contributed by atoms with E-state index in [9.17, 15) is 0 Å². The van der Waals surface area contributed by atoms with Crippen LogP contribution in [0.15, 0.2) is 36.9 Å². The Labute approximate surface area is 86.9 Å². The zero-order chi connectivity index (χ0) is 9.97. The molecule has 0 N–H and O–H groups in total. The van der Waals surface area contributed by atoms with Gasteiger partial charge in [0, 0.05) is 18.5 Å². The third-order valence-corrected chi connectivity index (χ3v) is 2.26. The van der Waals surface area contributed by atoms with Gasteiger partial charge in [-0.1, -0.05) is 11.6 Å². The summed E-state index contributed by atoms with van der Waals surface area (Å²) < 4.78 is 6.95. The summed E-state index contributed by atoms with van der Waals surface area (Å²) in [5, 5.41) is 0.670. The van der Waals surface area contributed by atoms with Gasteiger partial charge in [0.05, 0.1) is 24.1 Å². The molecule has 0 unspecified atom stereocenters. The molecular weight excluding hydrogens is 200 g/mol. The first-order chi connectivity index (χ1) is 6.81. The van der Waals surface area contributed by atoms with Gasteiger partial charge in [0.2, 0.25) is 0 Å². The number of methoxy groups -OCH3 is 1. The second-order valence-corrected chi connectivity index (χ2v) is 3.19. The van der Waals surface area contributed by atoms with Gasteiger partial charge >= 0.3 is 0 Å². The minimum Gasteiger partial charge on any atom is -0.497 e. The highest BCUT2D eigenvalue weighted by molar-refractivity contribution is 6.32. The molecule has 0 amide bonds. The van der Waals surface area contributed by atoms with Gasteiger partial charge < -0.3 is 9.30 Å². The van der Waals surface area contributed by atoms with Crippen molar-refractivity contribution in [3.63, 3.8) is 0 Å². The normalized spacial score (nSPS) is 10.1. The number of imidazole rings is 1. The monoisotopic (exact) mass is 208 g/mol. The second-order valence-electron chi connectivity index (χ2n) is 2.79. The molecule has 0 bridgehead atoms. The molecule has 2 aromatic rings. The van der Waals surface area contributed by atoms with Crippen molar-refractivity contribution < 1.29 is 4.74 Å². The fraction of sp³-hybridized carbons (Fsp3) is 0.100. The summed E-state index contributed by atoms with van der Waals surface area (Å²) in [5.74, 6) is 0.776. The number of nitrogens with zero attached hydrogens (tertiary/aromatic N) is 2. The van der Waals surface area contributed by atoms with Crippen LogP contribution in [0.4, 0.5) is 0 Å². The molecule has 4 heteroatoms. The molecule has 72 valence electrons. The molecule has 2 rings (SSSR count). The molecule has 1 aromatic heterocycles. The highest BCUT2D eigenvalue weighted by Gasteiger charge is 2.03. The predicted octanol–water partition coefficient (Wildman–Crippen LogP) is 2.53. The quantitative estimate of drug-likeness (QED) is 0.759. The number of aromatic nitrogens is 2. The summed E-state index contributed by atoms with van der Waals surface area (Å²) in [5.41, 5.74) is 0.864. The first kappa shape index (κ1) is 9.09. The number of ether oxygens (including phenoxy) is 1. The fourth-order valence-corrected chi connectivity index (χ4v) is 1.43. The molecule has 0 spiro atoms. The van der Waals surface area contributed by atoms with E-state index in [4.69, 9.17) is 16.3 Å². The number of benzene rings is 1. The molecule has 0 radical (unpaired) electrons. The standard InChI is InChI=1S/C10H9ClN2O/c1-14-8-2-3-9(11)10(6-8)13-5-4-12-7-13/h2-7H,1H3. The molecule has 1 heterocycles. The van der Waals surface area contributed by atoms with Crippen LogP contribution >= 0.6 is 11.6 Å². The molecule has 0 aliphatic carbocycles. The molecule has 1 aromatic carbocycles. The summed E-state index contributed by atoms with van der Waals surface area (Å²) >= 11 is 6.04. The lowest BCUT2D eigenvalue weighted by atomic mass is 10.3. The zero-order valence-corrected chi connectivity index (χ0v) is 8.40. The largest absolute Gasteiger partial charge is 0.497 e. The first-order valence-electron chi connectivity index (χ1n) is 4.13. The average molecular weight is 209 g/mol. The highest BCUT2D eigenvalue weighted by atomic mass is 35.5. The topological polar surface area (TPSA) is 27.1 Å². The third-order valence-electron chi connectivity index (χ3n) is 1.94. The lowest BCUT2D eigenvalue weighted by Gasteiger charge is -2.07. The van der Waals surface area contributed by atoms with Crippen molar-refractivity contribution in [3.8, 4) is 11.4 Å². The van der Waals surface area contributed by atoms with Crippen molar-refractivity contribution in [1.29, 1.82) is 0 Å². The van der Waals surface area contributed by atoms with E-state index in [2.05, 4.69) is 4.98 Å². The molecule has 0 saturated heterocycles. The highest BCUT2D eigenvalue weighted by Crippen LogP contribution is 2.24. The Balaban J connectivity index is 2.51. The molecule has 3 nitrogen and oxygen atoms in total. The van der Waals surface area contributed by atoms with Gasteiger partial charge in [-0.3, -0.25) is 0 Å². The number of rotatable bonds is 2. The van der Waals surface area contributed by atoms with Crippen LogP contribution in [-0.2, 0) is 0 Å². The van der Waals surface area contributed by atoms with E-state index in [1.165, 1.54) is 0 Å². The van der Waals surface area contributed by atoms with Gasteiger partial charge in [0.25, 0.3) is 0 Å².